The first kappa shape index (κ1) is 28.8. The molecule has 1 fully saturated rings. The van der Waals surface area contributed by atoms with Crippen LogP contribution >= 0.6 is 0 Å². The van der Waals surface area contributed by atoms with Crippen molar-refractivity contribution in [3.05, 3.63) is 58.9 Å². The molecule has 14 nitrogen and oxygen atoms in total. The first-order chi connectivity index (χ1) is 18.8. The summed E-state index contributed by atoms with van der Waals surface area (Å²) in [5.74, 6) is -0.225. The standard InChI is InChI=1S/C24H27N9O5S2/c1-16-13-21(29-30-22(16)28-23(34)19-7-5-6-8-20(19)31(3)39(4,35)36)40(37,38)33-11-9-32(10-12-33)24-26-17(2)14-18(15-25)27-24/h5-8,13-14H,9-12H2,1-4H3,(H,28,30,34). The fourth-order valence-corrected chi connectivity index (χ4v) is 5.91. The number of nitriles is 1. The Bertz CT molecular complexity index is 1710. The Labute approximate surface area is 232 Å². The van der Waals surface area contributed by atoms with Crippen molar-refractivity contribution < 1.29 is 21.6 Å². The highest BCUT2D eigenvalue weighted by Gasteiger charge is 2.31. The van der Waals surface area contributed by atoms with Crippen LogP contribution in [0.4, 0.5) is 17.5 Å². The molecule has 0 bridgehead atoms. The summed E-state index contributed by atoms with van der Waals surface area (Å²) < 4.78 is 52.8. The number of carbonyl (C=O) groups excluding carboxylic acids is 1. The summed E-state index contributed by atoms with van der Waals surface area (Å²) in [6.07, 6.45) is 1.03. The topological polar surface area (TPSA) is 182 Å². The SMILES string of the molecule is Cc1cc(C#N)nc(N2CCN(S(=O)(=O)c3cc(C)c(NC(=O)c4ccccc4N(C)S(C)(=O)=O)nn3)CC2)n1. The van der Waals surface area contributed by atoms with Crippen LogP contribution in [-0.4, -0.2) is 86.7 Å². The van der Waals surface area contributed by atoms with Gasteiger partial charge in [0.15, 0.2) is 10.8 Å². The van der Waals surface area contributed by atoms with Gasteiger partial charge in [0.2, 0.25) is 16.0 Å². The maximum atomic E-state index is 13.3. The molecule has 3 heterocycles. The highest BCUT2D eigenvalue weighted by atomic mass is 32.2. The maximum Gasteiger partial charge on any atom is 0.262 e. The molecule has 0 saturated carbocycles. The van der Waals surface area contributed by atoms with E-state index in [0.29, 0.717) is 30.3 Å². The Hall–Kier alpha value is -4.20. The molecule has 16 heteroatoms. The molecular formula is C24H27N9O5S2. The average molecular weight is 586 g/mol. The number of aryl methyl sites for hydroxylation is 2. The quantitative estimate of drug-likeness (QED) is 0.416. The van der Waals surface area contributed by atoms with Gasteiger partial charge in [0.1, 0.15) is 11.8 Å². The van der Waals surface area contributed by atoms with Gasteiger partial charge in [0, 0.05) is 38.9 Å². The summed E-state index contributed by atoms with van der Waals surface area (Å²) >= 11 is 0. The van der Waals surface area contributed by atoms with Gasteiger partial charge in [-0.05, 0) is 43.7 Å². The first-order valence-corrected chi connectivity index (χ1v) is 15.3. The molecule has 40 heavy (non-hydrogen) atoms. The molecular weight excluding hydrogens is 558 g/mol. The molecule has 0 spiro atoms. The predicted octanol–water partition coefficient (Wildman–Crippen LogP) is 0.914. The smallest absolute Gasteiger partial charge is 0.262 e. The molecule has 1 N–H and O–H groups in total. The van der Waals surface area contributed by atoms with E-state index in [2.05, 4.69) is 25.5 Å². The number of rotatable bonds is 7. The Morgan fingerprint density at radius 3 is 2.33 bits per heavy atom. The number of piperazine rings is 1. The molecule has 3 aromatic rings. The number of benzene rings is 1. The van der Waals surface area contributed by atoms with Gasteiger partial charge in [-0.1, -0.05) is 12.1 Å². The molecule has 1 saturated heterocycles. The number of amides is 1. The summed E-state index contributed by atoms with van der Waals surface area (Å²) in [6.45, 7) is 4.26. The minimum atomic E-state index is -3.99. The van der Waals surface area contributed by atoms with Crippen molar-refractivity contribution in [2.24, 2.45) is 0 Å². The van der Waals surface area contributed by atoms with Crippen molar-refractivity contribution in [1.82, 2.24) is 24.5 Å². The van der Waals surface area contributed by atoms with Gasteiger partial charge >= 0.3 is 0 Å². The molecule has 1 amide bonds. The second-order valence-corrected chi connectivity index (χ2v) is 13.0. The van der Waals surface area contributed by atoms with Crippen LogP contribution in [0, 0.1) is 25.2 Å². The summed E-state index contributed by atoms with van der Waals surface area (Å²) in [5.41, 5.74) is 1.49. The Kier molecular flexibility index (Phi) is 8.00. The van der Waals surface area contributed by atoms with Crippen LogP contribution in [0.25, 0.3) is 0 Å². The van der Waals surface area contributed by atoms with Crippen molar-refractivity contribution >= 4 is 43.4 Å². The molecule has 2 aromatic heterocycles. The van der Waals surface area contributed by atoms with E-state index >= 15 is 0 Å². The normalized spacial score (nSPS) is 14.4. The van der Waals surface area contributed by atoms with Gasteiger partial charge in [0.25, 0.3) is 15.9 Å². The zero-order valence-corrected chi connectivity index (χ0v) is 23.9. The summed E-state index contributed by atoms with van der Waals surface area (Å²) in [4.78, 5) is 23.4. The van der Waals surface area contributed by atoms with Crippen LogP contribution in [0.2, 0.25) is 0 Å². The van der Waals surface area contributed by atoms with Crippen molar-refractivity contribution in [3.8, 4) is 6.07 Å². The minimum absolute atomic E-state index is 0.0375. The summed E-state index contributed by atoms with van der Waals surface area (Å²) in [5, 5.41) is 19.3. The minimum Gasteiger partial charge on any atom is -0.338 e. The Morgan fingerprint density at radius 1 is 1.02 bits per heavy atom. The highest BCUT2D eigenvalue weighted by molar-refractivity contribution is 7.92. The van der Waals surface area contributed by atoms with Crippen molar-refractivity contribution in [2.45, 2.75) is 18.9 Å². The number of aromatic nitrogens is 4. The number of nitrogens with one attached hydrogen (secondary N) is 1. The van der Waals surface area contributed by atoms with Gasteiger partial charge in [-0.25, -0.2) is 26.8 Å². The van der Waals surface area contributed by atoms with Crippen molar-refractivity contribution in [1.29, 1.82) is 5.26 Å². The fourth-order valence-electron chi connectivity index (χ4n) is 4.02. The summed E-state index contributed by atoms with van der Waals surface area (Å²) in [7, 11) is -6.27. The van der Waals surface area contributed by atoms with Crippen molar-refractivity contribution in [3.63, 3.8) is 0 Å². The number of hydrogen-bond acceptors (Lipinski definition) is 11. The van der Waals surface area contributed by atoms with E-state index in [9.17, 15) is 21.6 Å². The number of carbonyl (C=O) groups is 1. The second kappa shape index (κ2) is 11.1. The number of hydrogen-bond donors (Lipinski definition) is 1. The molecule has 1 aliphatic rings. The molecule has 1 aliphatic heterocycles. The molecule has 0 aliphatic carbocycles. The molecule has 0 atom stereocenters. The Morgan fingerprint density at radius 2 is 1.70 bits per heavy atom. The molecule has 4 rings (SSSR count). The van der Waals surface area contributed by atoms with Crippen LogP contribution in [0.3, 0.4) is 0 Å². The third kappa shape index (κ3) is 6.01. The van der Waals surface area contributed by atoms with Crippen LogP contribution in [0.15, 0.2) is 41.4 Å². The lowest BCUT2D eigenvalue weighted by atomic mass is 10.1. The largest absolute Gasteiger partial charge is 0.338 e. The van der Waals surface area contributed by atoms with Crippen molar-refractivity contribution in [2.75, 3.05) is 54.0 Å². The van der Waals surface area contributed by atoms with Gasteiger partial charge in [-0.3, -0.25) is 9.10 Å². The van der Waals surface area contributed by atoms with E-state index < -0.39 is 26.0 Å². The lowest BCUT2D eigenvalue weighted by molar-refractivity contribution is 0.102. The van der Waals surface area contributed by atoms with Crippen LogP contribution < -0.4 is 14.5 Å². The second-order valence-electron chi connectivity index (χ2n) is 9.11. The average Bonchev–Trinajstić information content (AvgIpc) is 2.92. The van der Waals surface area contributed by atoms with E-state index in [0.717, 1.165) is 10.6 Å². The van der Waals surface area contributed by atoms with Crippen LogP contribution in [-0.2, 0) is 20.0 Å². The van der Waals surface area contributed by atoms with Crippen LogP contribution in [0.5, 0.6) is 0 Å². The molecule has 0 unspecified atom stereocenters. The van der Waals surface area contributed by atoms with E-state index in [4.69, 9.17) is 5.26 Å². The van der Waals surface area contributed by atoms with Gasteiger partial charge < -0.3 is 10.2 Å². The number of sulfonamides is 2. The Balaban J connectivity index is 1.48. The molecule has 1 aromatic carbocycles. The third-order valence-electron chi connectivity index (χ3n) is 6.26. The number of para-hydroxylation sites is 1. The van der Waals surface area contributed by atoms with E-state index in [1.165, 1.54) is 29.6 Å². The zero-order valence-electron chi connectivity index (χ0n) is 22.2. The maximum absolute atomic E-state index is 13.3. The van der Waals surface area contributed by atoms with Gasteiger partial charge in [-0.15, -0.1) is 10.2 Å². The van der Waals surface area contributed by atoms with Gasteiger partial charge in [-0.2, -0.15) is 9.57 Å². The third-order valence-corrected chi connectivity index (χ3v) is 9.23. The monoisotopic (exact) mass is 585 g/mol. The van der Waals surface area contributed by atoms with E-state index in [1.807, 2.05) is 11.0 Å². The van der Waals surface area contributed by atoms with E-state index in [1.54, 1.807) is 32.0 Å². The highest BCUT2D eigenvalue weighted by Crippen LogP contribution is 2.24. The fraction of sp³-hybridized carbons (Fsp3) is 0.333. The first-order valence-electron chi connectivity index (χ1n) is 12.0. The lowest BCUT2D eigenvalue weighted by Crippen LogP contribution is -2.49. The van der Waals surface area contributed by atoms with Gasteiger partial charge in [0.05, 0.1) is 17.5 Å². The lowest BCUT2D eigenvalue weighted by Gasteiger charge is -2.33. The summed E-state index contributed by atoms with van der Waals surface area (Å²) in [6, 6.07) is 11.1. The molecule has 0 radical (unpaired) electrons. The van der Waals surface area contributed by atoms with E-state index in [-0.39, 0.29) is 40.9 Å². The number of nitrogens with zero attached hydrogens (tertiary/aromatic N) is 8. The predicted molar refractivity (Wildman–Crippen MR) is 147 cm³/mol. The van der Waals surface area contributed by atoms with Crippen LogP contribution in [0.1, 0.15) is 27.3 Å². The molecule has 210 valence electrons. The zero-order chi connectivity index (χ0) is 29.2. The number of anilines is 3.